The van der Waals surface area contributed by atoms with Crippen LogP contribution in [-0.2, 0) is 11.2 Å². The zero-order chi connectivity index (χ0) is 16.2. The van der Waals surface area contributed by atoms with E-state index in [1.165, 1.54) is 0 Å². The molecule has 2 N–H and O–H groups in total. The fourth-order valence-corrected chi connectivity index (χ4v) is 1.94. The average Bonchev–Trinajstić information content (AvgIpc) is 2.39. The van der Waals surface area contributed by atoms with Gasteiger partial charge < -0.3 is 15.2 Å². The van der Waals surface area contributed by atoms with Crippen LogP contribution < -0.4 is 10.1 Å². The largest absolute Gasteiger partial charge is 0.508 e. The number of pyridine rings is 1. The Morgan fingerprint density at radius 2 is 2.09 bits per heavy atom. The minimum absolute atomic E-state index is 0.142. The first-order valence-corrected chi connectivity index (χ1v) is 7.04. The van der Waals surface area contributed by atoms with Gasteiger partial charge >= 0.3 is 0 Å². The van der Waals surface area contributed by atoms with Gasteiger partial charge in [0.1, 0.15) is 22.8 Å². The molecule has 1 aromatic heterocycles. The third kappa shape index (κ3) is 4.77. The number of carbonyl (C=O) groups excluding carboxylic acids is 1. The Hall–Kier alpha value is -2.56. The van der Waals surface area contributed by atoms with Gasteiger partial charge in [-0.2, -0.15) is 0 Å². The molecule has 0 radical (unpaired) electrons. The van der Waals surface area contributed by atoms with Crippen molar-refractivity contribution >= 4 is 11.6 Å². The van der Waals surface area contributed by atoms with Crippen molar-refractivity contribution in [2.75, 3.05) is 5.32 Å². The van der Waals surface area contributed by atoms with Crippen LogP contribution in [0.25, 0.3) is 0 Å². The zero-order valence-corrected chi connectivity index (χ0v) is 13.0. The number of phenols is 1. The lowest BCUT2D eigenvalue weighted by atomic mass is 10.1. The highest BCUT2D eigenvalue weighted by molar-refractivity contribution is 5.93. The van der Waals surface area contributed by atoms with Gasteiger partial charge in [0.2, 0.25) is 5.91 Å². The number of benzene rings is 1. The number of amides is 1. The Balaban J connectivity index is 2.08. The molecule has 116 valence electrons. The smallest absolute Gasteiger partial charge is 0.228 e. The van der Waals surface area contributed by atoms with Crippen LogP contribution in [0.2, 0.25) is 0 Å². The van der Waals surface area contributed by atoms with Crippen LogP contribution in [0.5, 0.6) is 11.5 Å². The second-order valence-corrected chi connectivity index (χ2v) is 5.98. The van der Waals surface area contributed by atoms with Crippen LogP contribution in [0.15, 0.2) is 42.7 Å². The summed E-state index contributed by atoms with van der Waals surface area (Å²) in [6.07, 6.45) is 3.34. The van der Waals surface area contributed by atoms with Crippen molar-refractivity contribution in [1.29, 1.82) is 0 Å². The van der Waals surface area contributed by atoms with Gasteiger partial charge in [-0.25, -0.2) is 0 Å². The molecule has 5 heteroatoms. The van der Waals surface area contributed by atoms with E-state index < -0.39 is 0 Å². The van der Waals surface area contributed by atoms with E-state index in [4.69, 9.17) is 4.74 Å². The molecule has 0 bridgehead atoms. The molecule has 1 amide bonds. The number of ether oxygens (including phenoxy) is 1. The maximum absolute atomic E-state index is 12.1. The molecule has 0 atom stereocenters. The quantitative estimate of drug-likeness (QED) is 0.910. The van der Waals surface area contributed by atoms with Gasteiger partial charge in [0, 0.05) is 12.3 Å². The van der Waals surface area contributed by atoms with E-state index in [0.717, 1.165) is 5.56 Å². The minimum atomic E-state index is -0.369. The van der Waals surface area contributed by atoms with E-state index in [9.17, 15) is 9.90 Å². The number of hydrogen-bond acceptors (Lipinski definition) is 4. The maximum atomic E-state index is 12.1. The Morgan fingerprint density at radius 1 is 1.32 bits per heavy atom. The summed E-state index contributed by atoms with van der Waals surface area (Å²) in [5.74, 6) is 0.521. The second-order valence-electron chi connectivity index (χ2n) is 5.98. The number of aromatic hydroxyl groups is 1. The Labute approximate surface area is 130 Å². The van der Waals surface area contributed by atoms with Crippen LogP contribution in [0, 0.1) is 0 Å². The summed E-state index contributed by atoms with van der Waals surface area (Å²) in [6.45, 7) is 5.81. The number of anilines is 1. The summed E-state index contributed by atoms with van der Waals surface area (Å²) in [5.41, 5.74) is 0.897. The summed E-state index contributed by atoms with van der Waals surface area (Å²) in [4.78, 5) is 16.1. The number of phenolic OH excluding ortho intramolecular Hbond substituents is 1. The number of rotatable bonds is 4. The first-order valence-electron chi connectivity index (χ1n) is 7.04. The number of nitrogens with zero attached hydrogens (tertiary/aromatic N) is 1. The maximum Gasteiger partial charge on any atom is 0.228 e. The van der Waals surface area contributed by atoms with Gasteiger partial charge in [-0.1, -0.05) is 12.1 Å². The molecule has 0 saturated heterocycles. The minimum Gasteiger partial charge on any atom is -0.508 e. The molecule has 0 aliphatic heterocycles. The van der Waals surface area contributed by atoms with Crippen molar-refractivity contribution in [2.24, 2.45) is 0 Å². The van der Waals surface area contributed by atoms with Crippen molar-refractivity contribution in [3.63, 3.8) is 0 Å². The molecule has 1 aromatic carbocycles. The number of carbonyl (C=O) groups is 1. The third-order valence-corrected chi connectivity index (χ3v) is 2.75. The fourth-order valence-electron chi connectivity index (χ4n) is 1.94. The Kier molecular flexibility index (Phi) is 4.65. The van der Waals surface area contributed by atoms with Crippen molar-refractivity contribution in [1.82, 2.24) is 4.98 Å². The van der Waals surface area contributed by atoms with E-state index >= 15 is 0 Å². The molecule has 0 fully saturated rings. The molecule has 0 saturated carbocycles. The topological polar surface area (TPSA) is 71.5 Å². The third-order valence-electron chi connectivity index (χ3n) is 2.75. The number of nitrogens with one attached hydrogen (secondary N) is 1. The predicted molar refractivity (Wildman–Crippen MR) is 85.1 cm³/mol. The van der Waals surface area contributed by atoms with Crippen LogP contribution in [-0.4, -0.2) is 21.6 Å². The average molecular weight is 300 g/mol. The lowest BCUT2D eigenvalue weighted by Crippen LogP contribution is -2.24. The summed E-state index contributed by atoms with van der Waals surface area (Å²) in [5, 5.41) is 12.2. The summed E-state index contributed by atoms with van der Waals surface area (Å²) >= 11 is 0. The molecule has 2 rings (SSSR count). The SMILES string of the molecule is CC(C)(C)Oc1ccncc1NC(=O)Cc1cccc(O)c1. The second kappa shape index (κ2) is 6.47. The first kappa shape index (κ1) is 15.8. The molecule has 0 aliphatic carbocycles. The number of aromatic nitrogens is 1. The van der Waals surface area contributed by atoms with E-state index in [1.807, 2.05) is 20.8 Å². The van der Waals surface area contributed by atoms with Gasteiger partial charge in [-0.15, -0.1) is 0 Å². The molecular weight excluding hydrogens is 280 g/mol. The van der Waals surface area contributed by atoms with Gasteiger partial charge in [0.15, 0.2) is 0 Å². The standard InChI is InChI=1S/C17H20N2O3/c1-17(2,3)22-15-7-8-18-11-14(15)19-16(21)10-12-5-4-6-13(20)9-12/h4-9,11,20H,10H2,1-3H3,(H,19,21). The molecule has 1 heterocycles. The van der Waals surface area contributed by atoms with Crippen LogP contribution in [0.4, 0.5) is 5.69 Å². The summed E-state index contributed by atoms with van der Waals surface area (Å²) < 4.78 is 5.81. The first-order chi connectivity index (χ1) is 10.3. The molecule has 22 heavy (non-hydrogen) atoms. The van der Waals surface area contributed by atoms with Gasteiger partial charge in [0.25, 0.3) is 0 Å². The monoisotopic (exact) mass is 300 g/mol. The molecular formula is C17H20N2O3. The van der Waals surface area contributed by atoms with Crippen LogP contribution >= 0.6 is 0 Å². The van der Waals surface area contributed by atoms with Crippen molar-refractivity contribution in [2.45, 2.75) is 32.8 Å². The fraction of sp³-hybridized carbons (Fsp3) is 0.294. The van der Waals surface area contributed by atoms with Gasteiger partial charge in [0.05, 0.1) is 12.6 Å². The lowest BCUT2D eigenvalue weighted by molar-refractivity contribution is -0.115. The van der Waals surface area contributed by atoms with Crippen molar-refractivity contribution in [3.05, 3.63) is 48.3 Å². The molecule has 0 spiro atoms. The Morgan fingerprint density at radius 3 is 2.77 bits per heavy atom. The zero-order valence-electron chi connectivity index (χ0n) is 13.0. The summed E-state index contributed by atoms with van der Waals surface area (Å²) in [6, 6.07) is 8.34. The van der Waals surface area contributed by atoms with Crippen molar-refractivity contribution < 1.29 is 14.6 Å². The molecule has 0 unspecified atom stereocenters. The molecule has 2 aromatic rings. The molecule has 0 aliphatic rings. The van der Waals surface area contributed by atoms with E-state index in [2.05, 4.69) is 10.3 Å². The summed E-state index contributed by atoms with van der Waals surface area (Å²) in [7, 11) is 0. The molecule has 5 nitrogen and oxygen atoms in total. The normalized spacial score (nSPS) is 11.0. The predicted octanol–water partition coefficient (Wildman–Crippen LogP) is 3.15. The van der Waals surface area contributed by atoms with Crippen LogP contribution in [0.1, 0.15) is 26.3 Å². The van der Waals surface area contributed by atoms with Crippen molar-refractivity contribution in [3.8, 4) is 11.5 Å². The van der Waals surface area contributed by atoms with E-state index in [0.29, 0.717) is 11.4 Å². The Bertz CT molecular complexity index is 663. The highest BCUT2D eigenvalue weighted by Gasteiger charge is 2.16. The van der Waals surface area contributed by atoms with E-state index in [1.54, 1.807) is 42.7 Å². The highest BCUT2D eigenvalue weighted by Crippen LogP contribution is 2.26. The van der Waals surface area contributed by atoms with Gasteiger partial charge in [-0.05, 0) is 38.5 Å². The van der Waals surface area contributed by atoms with E-state index in [-0.39, 0.29) is 23.7 Å². The number of hydrogen-bond donors (Lipinski definition) is 2. The van der Waals surface area contributed by atoms with Crippen LogP contribution in [0.3, 0.4) is 0 Å². The lowest BCUT2D eigenvalue weighted by Gasteiger charge is -2.23. The highest BCUT2D eigenvalue weighted by atomic mass is 16.5. The van der Waals surface area contributed by atoms with Gasteiger partial charge in [-0.3, -0.25) is 9.78 Å².